The van der Waals surface area contributed by atoms with Crippen molar-refractivity contribution in [1.29, 1.82) is 0 Å². The summed E-state index contributed by atoms with van der Waals surface area (Å²) < 4.78 is 0. The molecular weight excluding hydrogens is 418 g/mol. The quantitative estimate of drug-likeness (QED) is 0.441. The maximum atomic E-state index is 13.2. The minimum atomic E-state index is -1.00. The molecule has 0 fully saturated rings. The van der Waals surface area contributed by atoms with E-state index in [9.17, 15) is 29.9 Å². The molecule has 0 aromatic carbocycles. The fourth-order valence-electron chi connectivity index (χ4n) is 4.68. The number of aryl methyl sites for hydroxylation is 1. The van der Waals surface area contributed by atoms with Gasteiger partial charge in [-0.05, 0) is 17.3 Å². The average molecular weight is 448 g/mol. The van der Waals surface area contributed by atoms with Crippen LogP contribution in [0.15, 0.2) is 28.7 Å². The fourth-order valence-corrected chi connectivity index (χ4v) is 5.87. The number of allylic oxidation sites excluding steroid dienone is 4. The van der Waals surface area contributed by atoms with Gasteiger partial charge in [0.25, 0.3) is 5.69 Å². The number of hydrogen-bond acceptors (Lipinski definition) is 7. The van der Waals surface area contributed by atoms with Crippen LogP contribution in [-0.4, -0.2) is 26.7 Å². The number of ketones is 2. The first-order valence-corrected chi connectivity index (χ1v) is 11.3. The number of thiophene rings is 1. The number of nitro groups is 1. The summed E-state index contributed by atoms with van der Waals surface area (Å²) in [6.07, 6.45) is 1.31. The standard InChI is InChI=1S/C23H29NO6S/c1-6-17-12(24(29)30)7-18(31-17)21(19-13(25)8-22(2,3)9-14(19)26)20-15(27)10-23(4,5)11-16(20)28/h7,21,25,27H,6,8-11H2,1-5H3. The molecule has 0 atom stereocenters. The van der Waals surface area contributed by atoms with Crippen molar-refractivity contribution >= 4 is 28.6 Å². The van der Waals surface area contributed by atoms with Crippen molar-refractivity contribution in [3.05, 3.63) is 48.6 Å². The van der Waals surface area contributed by atoms with Crippen molar-refractivity contribution in [2.45, 2.75) is 72.6 Å². The van der Waals surface area contributed by atoms with Crippen molar-refractivity contribution in [1.82, 2.24) is 0 Å². The van der Waals surface area contributed by atoms with E-state index in [0.717, 1.165) is 11.3 Å². The Kier molecular flexibility index (Phi) is 5.90. The van der Waals surface area contributed by atoms with Crippen LogP contribution in [0.4, 0.5) is 5.69 Å². The van der Waals surface area contributed by atoms with Crippen LogP contribution in [0.2, 0.25) is 0 Å². The molecule has 1 aromatic heterocycles. The van der Waals surface area contributed by atoms with E-state index < -0.39 is 21.7 Å². The average Bonchev–Trinajstić information content (AvgIpc) is 3.01. The van der Waals surface area contributed by atoms with Crippen LogP contribution in [0.3, 0.4) is 0 Å². The molecular formula is C23H29NO6S. The summed E-state index contributed by atoms with van der Waals surface area (Å²) in [6, 6.07) is 1.38. The molecule has 2 N–H and O–H groups in total. The third kappa shape index (κ3) is 4.44. The summed E-state index contributed by atoms with van der Waals surface area (Å²) in [4.78, 5) is 38.3. The lowest BCUT2D eigenvalue weighted by Gasteiger charge is -2.36. The second-order valence-electron chi connectivity index (χ2n) is 10.1. The number of carbonyl (C=O) groups is 2. The van der Waals surface area contributed by atoms with Gasteiger partial charge in [-0.25, -0.2) is 0 Å². The topological polar surface area (TPSA) is 118 Å². The number of Topliss-reactive ketones (excluding diaryl/α,β-unsaturated/α-hetero) is 2. The molecule has 0 unspecified atom stereocenters. The second-order valence-corrected chi connectivity index (χ2v) is 11.3. The van der Waals surface area contributed by atoms with Gasteiger partial charge in [0, 0.05) is 47.8 Å². The van der Waals surface area contributed by atoms with Crippen molar-refractivity contribution < 1.29 is 24.7 Å². The first-order chi connectivity index (χ1) is 14.3. The maximum Gasteiger partial charge on any atom is 0.283 e. The summed E-state index contributed by atoms with van der Waals surface area (Å²) in [7, 11) is 0. The zero-order valence-corrected chi connectivity index (χ0v) is 19.4. The summed E-state index contributed by atoms with van der Waals surface area (Å²) in [6.45, 7) is 9.31. The molecule has 8 heteroatoms. The van der Waals surface area contributed by atoms with Gasteiger partial charge in [0.2, 0.25) is 0 Å². The maximum absolute atomic E-state index is 13.2. The minimum absolute atomic E-state index is 0.0696. The zero-order chi connectivity index (χ0) is 23.3. The Labute approximate surface area is 185 Å². The van der Waals surface area contributed by atoms with E-state index in [4.69, 9.17) is 0 Å². The lowest BCUT2D eigenvalue weighted by molar-refractivity contribution is -0.385. The first kappa shape index (κ1) is 23.2. The van der Waals surface area contributed by atoms with E-state index in [1.807, 2.05) is 27.7 Å². The van der Waals surface area contributed by atoms with E-state index >= 15 is 0 Å². The van der Waals surface area contributed by atoms with E-state index in [1.54, 1.807) is 6.92 Å². The predicted molar refractivity (Wildman–Crippen MR) is 118 cm³/mol. The predicted octanol–water partition coefficient (Wildman–Crippen LogP) is 5.70. The van der Waals surface area contributed by atoms with E-state index in [1.165, 1.54) is 6.07 Å². The fraction of sp³-hybridized carbons (Fsp3) is 0.565. The number of rotatable bonds is 5. The summed E-state index contributed by atoms with van der Waals surface area (Å²) >= 11 is 1.15. The van der Waals surface area contributed by atoms with Crippen LogP contribution in [-0.2, 0) is 16.0 Å². The smallest absolute Gasteiger partial charge is 0.283 e. The van der Waals surface area contributed by atoms with E-state index in [-0.39, 0.29) is 65.6 Å². The number of aliphatic hydroxyl groups excluding tert-OH is 2. The molecule has 0 radical (unpaired) electrons. The van der Waals surface area contributed by atoms with Gasteiger partial charge >= 0.3 is 0 Å². The highest BCUT2D eigenvalue weighted by Crippen LogP contribution is 2.50. The Morgan fingerprint density at radius 1 is 1.00 bits per heavy atom. The molecule has 2 aliphatic carbocycles. The molecule has 7 nitrogen and oxygen atoms in total. The summed E-state index contributed by atoms with van der Waals surface area (Å²) in [5.74, 6) is -1.83. The number of nitrogens with zero attached hydrogens (tertiary/aromatic N) is 1. The molecule has 0 saturated heterocycles. The van der Waals surface area contributed by atoms with Gasteiger partial charge in [0.15, 0.2) is 11.6 Å². The Hall–Kier alpha value is -2.48. The highest BCUT2D eigenvalue weighted by atomic mass is 32.1. The van der Waals surface area contributed by atoms with Crippen molar-refractivity contribution in [2.24, 2.45) is 10.8 Å². The molecule has 168 valence electrons. The molecule has 0 saturated carbocycles. The molecule has 1 aromatic rings. The molecule has 1 heterocycles. The minimum Gasteiger partial charge on any atom is -0.512 e. The summed E-state index contributed by atoms with van der Waals surface area (Å²) in [5.41, 5.74) is -0.777. The van der Waals surface area contributed by atoms with Crippen LogP contribution in [0.1, 0.15) is 76.0 Å². The van der Waals surface area contributed by atoms with Gasteiger partial charge in [0.05, 0.1) is 15.7 Å². The van der Waals surface area contributed by atoms with Crippen molar-refractivity contribution in [3.8, 4) is 0 Å². The number of hydrogen-bond donors (Lipinski definition) is 2. The van der Waals surface area contributed by atoms with E-state index in [2.05, 4.69) is 0 Å². The number of aliphatic hydroxyl groups is 2. The monoisotopic (exact) mass is 447 g/mol. The Bertz CT molecular complexity index is 975. The Morgan fingerprint density at radius 3 is 1.77 bits per heavy atom. The van der Waals surface area contributed by atoms with Gasteiger partial charge in [-0.15, -0.1) is 11.3 Å². The first-order valence-electron chi connectivity index (χ1n) is 10.4. The molecule has 0 bridgehead atoms. The molecule has 0 aliphatic heterocycles. The van der Waals surface area contributed by atoms with Gasteiger partial charge in [-0.3, -0.25) is 19.7 Å². The van der Waals surface area contributed by atoms with Crippen LogP contribution >= 0.6 is 11.3 Å². The molecule has 0 spiro atoms. The van der Waals surface area contributed by atoms with E-state index in [0.29, 0.717) is 16.2 Å². The SMILES string of the molecule is CCc1sc(C(C2=C(O)CC(C)(C)CC2=O)C2=C(O)CC(C)(C)CC2=O)cc1[N+](=O)[O-]. The summed E-state index contributed by atoms with van der Waals surface area (Å²) in [5, 5.41) is 33.3. The number of carbonyl (C=O) groups excluding carboxylic acids is 2. The van der Waals surface area contributed by atoms with Crippen LogP contribution in [0, 0.1) is 20.9 Å². The molecule has 3 rings (SSSR count). The second kappa shape index (κ2) is 7.89. The lowest BCUT2D eigenvalue weighted by Crippen LogP contribution is -2.33. The van der Waals surface area contributed by atoms with Crippen LogP contribution < -0.4 is 0 Å². The van der Waals surface area contributed by atoms with Crippen molar-refractivity contribution in [2.75, 3.05) is 0 Å². The van der Waals surface area contributed by atoms with Crippen LogP contribution in [0.25, 0.3) is 0 Å². The molecule has 0 amide bonds. The van der Waals surface area contributed by atoms with Gasteiger partial charge < -0.3 is 10.2 Å². The van der Waals surface area contributed by atoms with Crippen molar-refractivity contribution in [3.63, 3.8) is 0 Å². The van der Waals surface area contributed by atoms with Crippen LogP contribution in [0.5, 0.6) is 0 Å². The zero-order valence-electron chi connectivity index (χ0n) is 18.6. The molecule has 31 heavy (non-hydrogen) atoms. The van der Waals surface area contributed by atoms with Gasteiger partial charge in [-0.2, -0.15) is 0 Å². The highest BCUT2D eigenvalue weighted by molar-refractivity contribution is 7.12. The Balaban J connectivity index is 2.28. The third-order valence-electron chi connectivity index (χ3n) is 5.98. The largest absolute Gasteiger partial charge is 0.512 e. The highest BCUT2D eigenvalue weighted by Gasteiger charge is 2.44. The Morgan fingerprint density at radius 2 is 1.45 bits per heavy atom. The van der Waals surface area contributed by atoms with Gasteiger partial charge in [0.1, 0.15) is 11.5 Å². The third-order valence-corrected chi connectivity index (χ3v) is 7.31. The van der Waals surface area contributed by atoms with Gasteiger partial charge in [-0.1, -0.05) is 34.6 Å². The normalized spacial score (nSPS) is 21.2. The molecule has 2 aliphatic rings. The lowest BCUT2D eigenvalue weighted by atomic mass is 9.68.